The molecule has 0 aromatic heterocycles. The van der Waals surface area contributed by atoms with Crippen LogP contribution >= 0.6 is 15.9 Å². The summed E-state index contributed by atoms with van der Waals surface area (Å²) in [6.07, 6.45) is -0.830. The van der Waals surface area contributed by atoms with Crippen molar-refractivity contribution in [2.75, 3.05) is 13.7 Å². The predicted octanol–water partition coefficient (Wildman–Crippen LogP) is 6.70. The van der Waals surface area contributed by atoms with Gasteiger partial charge in [0.1, 0.15) is 13.2 Å². The maximum Gasteiger partial charge on any atom is 0.408 e. The lowest BCUT2D eigenvalue weighted by Crippen LogP contribution is -2.35. The monoisotopic (exact) mass is 587 g/mol. The maximum absolute atomic E-state index is 12.8. The Balaban J connectivity index is 1.30. The fourth-order valence-corrected chi connectivity index (χ4v) is 5.40. The van der Waals surface area contributed by atoms with Crippen LogP contribution in [0.1, 0.15) is 34.2 Å². The molecule has 39 heavy (non-hydrogen) atoms. The van der Waals surface area contributed by atoms with E-state index in [2.05, 4.69) is 21.2 Å². The van der Waals surface area contributed by atoms with Gasteiger partial charge < -0.3 is 24.6 Å². The van der Waals surface area contributed by atoms with Gasteiger partial charge >= 0.3 is 12.1 Å². The Morgan fingerprint density at radius 1 is 0.923 bits per heavy atom. The zero-order valence-electron chi connectivity index (χ0n) is 21.1. The second-order valence-corrected chi connectivity index (χ2v) is 9.90. The number of hydrogen-bond donors (Lipinski definition) is 2. The minimum absolute atomic E-state index is 0.0749. The smallest absolute Gasteiger partial charge is 0.408 e. The van der Waals surface area contributed by atoms with Gasteiger partial charge in [-0.2, -0.15) is 0 Å². The van der Waals surface area contributed by atoms with Gasteiger partial charge in [0.05, 0.1) is 11.6 Å². The lowest BCUT2D eigenvalue weighted by atomic mass is 9.98. The zero-order valence-corrected chi connectivity index (χ0v) is 22.7. The molecular formula is C31H26BrNO6. The third-order valence-electron chi connectivity index (χ3n) is 6.66. The topological polar surface area (TPSA) is 94.1 Å². The van der Waals surface area contributed by atoms with Gasteiger partial charge in [0.15, 0.2) is 17.5 Å². The number of methoxy groups -OCH3 is 1. The van der Waals surface area contributed by atoms with Gasteiger partial charge in [0.25, 0.3) is 0 Å². The lowest BCUT2D eigenvalue weighted by Gasteiger charge is -2.20. The number of aliphatic carboxylic acids is 1. The molecule has 198 valence electrons. The van der Waals surface area contributed by atoms with Gasteiger partial charge in [-0.15, -0.1) is 0 Å². The number of amides is 1. The number of halogens is 1. The van der Waals surface area contributed by atoms with Crippen LogP contribution in [0.3, 0.4) is 0 Å². The first-order valence-corrected chi connectivity index (χ1v) is 13.1. The average molecular weight is 588 g/mol. The van der Waals surface area contributed by atoms with Crippen molar-refractivity contribution in [3.63, 3.8) is 0 Å². The van der Waals surface area contributed by atoms with Crippen molar-refractivity contribution in [3.8, 4) is 22.6 Å². The zero-order chi connectivity index (χ0) is 27.4. The summed E-state index contributed by atoms with van der Waals surface area (Å²) in [7, 11) is 1.47. The van der Waals surface area contributed by atoms with E-state index in [1.165, 1.54) is 13.2 Å². The molecule has 4 aromatic carbocycles. The molecule has 0 spiro atoms. The van der Waals surface area contributed by atoms with Crippen molar-refractivity contribution in [2.24, 2.45) is 0 Å². The Bertz CT molecular complexity index is 1460. The first-order valence-electron chi connectivity index (χ1n) is 12.3. The van der Waals surface area contributed by atoms with Crippen LogP contribution < -0.4 is 14.8 Å². The third kappa shape index (κ3) is 5.61. The number of carboxylic acid groups (broad SMARTS) is 1. The Kier molecular flexibility index (Phi) is 7.84. The maximum atomic E-state index is 12.8. The number of hydrogen-bond acceptors (Lipinski definition) is 5. The van der Waals surface area contributed by atoms with Crippen molar-refractivity contribution >= 4 is 28.0 Å². The first kappa shape index (κ1) is 26.3. The quantitative estimate of drug-likeness (QED) is 0.226. The minimum atomic E-state index is -1.37. The van der Waals surface area contributed by atoms with Gasteiger partial charge in [0, 0.05) is 5.92 Å². The summed E-state index contributed by atoms with van der Waals surface area (Å²) >= 11 is 3.46. The third-order valence-corrected chi connectivity index (χ3v) is 7.25. The standard InChI is InChI=1S/C31H26BrNO6/c1-37-27-16-20(15-26(32)29(27)38-17-19-9-3-2-4-10-19)28(30(34)35)33-31(36)39-18-25-23-13-7-5-11-21(23)22-12-6-8-14-24(22)25/h2-16,25,28H,17-18H2,1H3,(H,33,36)(H,34,35). The molecule has 0 heterocycles. The summed E-state index contributed by atoms with van der Waals surface area (Å²) in [4.78, 5) is 25.0. The van der Waals surface area contributed by atoms with Crippen molar-refractivity contribution in [1.82, 2.24) is 5.32 Å². The molecule has 1 amide bonds. The van der Waals surface area contributed by atoms with Gasteiger partial charge in [-0.25, -0.2) is 9.59 Å². The van der Waals surface area contributed by atoms with Crippen molar-refractivity contribution < 1.29 is 28.9 Å². The Hall–Kier alpha value is -4.30. The number of carbonyl (C=O) groups is 2. The highest BCUT2D eigenvalue weighted by Crippen LogP contribution is 2.44. The van der Waals surface area contributed by atoms with Crippen LogP contribution in [-0.4, -0.2) is 30.9 Å². The number of carbonyl (C=O) groups excluding carboxylic acids is 1. The summed E-state index contributed by atoms with van der Waals surface area (Å²) in [6.45, 7) is 0.376. The van der Waals surface area contributed by atoms with E-state index in [0.717, 1.165) is 27.8 Å². The van der Waals surface area contributed by atoms with E-state index in [1.54, 1.807) is 6.07 Å². The average Bonchev–Trinajstić information content (AvgIpc) is 3.27. The molecule has 0 bridgehead atoms. The van der Waals surface area contributed by atoms with E-state index in [4.69, 9.17) is 14.2 Å². The Morgan fingerprint density at radius 2 is 1.54 bits per heavy atom. The van der Waals surface area contributed by atoms with E-state index in [1.807, 2.05) is 78.9 Å². The molecule has 0 aliphatic heterocycles. The minimum Gasteiger partial charge on any atom is -0.493 e. The fourth-order valence-electron chi connectivity index (χ4n) is 4.82. The molecule has 1 aliphatic rings. The molecule has 1 aliphatic carbocycles. The van der Waals surface area contributed by atoms with E-state index < -0.39 is 18.1 Å². The summed E-state index contributed by atoms with van der Waals surface area (Å²) in [5, 5.41) is 12.4. The number of ether oxygens (including phenoxy) is 3. The lowest BCUT2D eigenvalue weighted by molar-refractivity contribution is -0.139. The van der Waals surface area contributed by atoms with Crippen LogP contribution in [0.4, 0.5) is 4.79 Å². The molecule has 4 aromatic rings. The largest absolute Gasteiger partial charge is 0.493 e. The molecule has 8 heteroatoms. The SMILES string of the molecule is COc1cc(C(NC(=O)OCC2c3ccccc3-c3ccccc32)C(=O)O)cc(Br)c1OCc1ccccc1. The van der Waals surface area contributed by atoms with Crippen LogP contribution in [0.25, 0.3) is 11.1 Å². The number of rotatable bonds is 9. The molecule has 1 atom stereocenters. The molecule has 5 rings (SSSR count). The van der Waals surface area contributed by atoms with Crippen LogP contribution in [0.5, 0.6) is 11.5 Å². The normalized spacial score (nSPS) is 12.7. The summed E-state index contributed by atoms with van der Waals surface area (Å²) < 4.78 is 17.5. The molecule has 7 nitrogen and oxygen atoms in total. The van der Waals surface area contributed by atoms with Gasteiger partial charge in [-0.3, -0.25) is 0 Å². The van der Waals surface area contributed by atoms with Crippen LogP contribution in [-0.2, 0) is 16.1 Å². The number of carboxylic acids is 1. The van der Waals surface area contributed by atoms with Crippen molar-refractivity contribution in [1.29, 1.82) is 0 Å². The van der Waals surface area contributed by atoms with Crippen molar-refractivity contribution in [2.45, 2.75) is 18.6 Å². The van der Waals surface area contributed by atoms with Crippen LogP contribution in [0, 0.1) is 0 Å². The van der Waals surface area contributed by atoms with E-state index in [9.17, 15) is 14.7 Å². The fraction of sp³-hybridized carbons (Fsp3) is 0.161. The van der Waals surface area contributed by atoms with Crippen LogP contribution in [0.2, 0.25) is 0 Å². The Labute approximate surface area is 234 Å². The highest BCUT2D eigenvalue weighted by molar-refractivity contribution is 9.10. The molecular weight excluding hydrogens is 562 g/mol. The molecule has 1 unspecified atom stereocenters. The van der Waals surface area contributed by atoms with Gasteiger partial charge in [0.2, 0.25) is 0 Å². The molecule has 2 N–H and O–H groups in total. The van der Waals surface area contributed by atoms with Gasteiger partial charge in [-0.05, 0) is 61.4 Å². The predicted molar refractivity (Wildman–Crippen MR) is 150 cm³/mol. The number of alkyl carbamates (subject to hydrolysis) is 1. The Morgan fingerprint density at radius 3 is 2.15 bits per heavy atom. The molecule has 0 fully saturated rings. The number of benzene rings is 4. The summed E-state index contributed by atoms with van der Waals surface area (Å²) in [5.74, 6) is -0.622. The number of fused-ring (bicyclic) bond motifs is 3. The molecule has 0 saturated heterocycles. The summed E-state index contributed by atoms with van der Waals surface area (Å²) in [5.41, 5.74) is 5.62. The molecule has 0 radical (unpaired) electrons. The highest BCUT2D eigenvalue weighted by Gasteiger charge is 2.30. The van der Waals surface area contributed by atoms with E-state index in [0.29, 0.717) is 28.1 Å². The summed E-state index contributed by atoms with van der Waals surface area (Å²) in [6, 6.07) is 27.4. The first-order chi connectivity index (χ1) is 19.0. The second-order valence-electron chi connectivity index (χ2n) is 9.05. The van der Waals surface area contributed by atoms with E-state index >= 15 is 0 Å². The van der Waals surface area contributed by atoms with E-state index in [-0.39, 0.29) is 12.5 Å². The van der Waals surface area contributed by atoms with Gasteiger partial charge in [-0.1, -0.05) is 78.9 Å². The molecule has 0 saturated carbocycles. The second kappa shape index (κ2) is 11.6. The number of nitrogens with one attached hydrogen (secondary N) is 1. The van der Waals surface area contributed by atoms with Crippen molar-refractivity contribution in [3.05, 3.63) is 118 Å². The van der Waals surface area contributed by atoms with Crippen LogP contribution in [0.15, 0.2) is 95.5 Å². The highest BCUT2D eigenvalue weighted by atomic mass is 79.9.